The van der Waals surface area contributed by atoms with Gasteiger partial charge in [-0.3, -0.25) is 4.99 Å². The van der Waals surface area contributed by atoms with E-state index in [1.54, 1.807) is 0 Å². The van der Waals surface area contributed by atoms with Gasteiger partial charge in [0.1, 0.15) is 0 Å². The van der Waals surface area contributed by atoms with Crippen molar-refractivity contribution in [2.75, 3.05) is 6.61 Å². The summed E-state index contributed by atoms with van der Waals surface area (Å²) in [5, 5.41) is 0. The Bertz CT molecular complexity index is 237. The van der Waals surface area contributed by atoms with E-state index >= 15 is 0 Å². The molecule has 3 atom stereocenters. The molecule has 0 aromatic heterocycles. The van der Waals surface area contributed by atoms with Crippen LogP contribution in [0.3, 0.4) is 0 Å². The zero-order chi connectivity index (χ0) is 9.26. The molecule has 0 saturated heterocycles. The fourth-order valence-corrected chi connectivity index (χ4v) is 2.37. The van der Waals surface area contributed by atoms with Gasteiger partial charge in [-0.25, -0.2) is 4.79 Å². The topological polar surface area (TPSA) is 38.7 Å². The van der Waals surface area contributed by atoms with Gasteiger partial charge >= 0.3 is 5.97 Å². The van der Waals surface area contributed by atoms with Gasteiger partial charge in [-0.2, -0.15) is 0 Å². The average molecular weight is 181 g/mol. The molecule has 1 saturated carbocycles. The van der Waals surface area contributed by atoms with Gasteiger partial charge in [0.05, 0.1) is 6.61 Å². The minimum absolute atomic E-state index is 0.131. The van der Waals surface area contributed by atoms with E-state index in [0.717, 1.165) is 6.42 Å². The van der Waals surface area contributed by atoms with Gasteiger partial charge < -0.3 is 4.74 Å². The molecule has 0 bridgehead atoms. The monoisotopic (exact) mass is 181 g/mol. The van der Waals surface area contributed by atoms with Crippen LogP contribution in [0.1, 0.15) is 26.2 Å². The summed E-state index contributed by atoms with van der Waals surface area (Å²) in [5.41, 5.74) is 0. The molecule has 2 aliphatic rings. The predicted octanol–water partition coefficient (Wildman–Crippen LogP) is 1.42. The fourth-order valence-electron chi connectivity index (χ4n) is 2.37. The number of fused-ring (bicyclic) bond motifs is 1. The number of hydrogen-bond acceptors (Lipinski definition) is 3. The number of nitrogens with zero attached hydrogens (tertiary/aromatic N) is 1. The Balaban J connectivity index is 2.01. The lowest BCUT2D eigenvalue weighted by Gasteiger charge is -2.14. The van der Waals surface area contributed by atoms with E-state index < -0.39 is 0 Å². The van der Waals surface area contributed by atoms with Crippen molar-refractivity contribution in [1.82, 2.24) is 0 Å². The second kappa shape index (κ2) is 3.48. The van der Waals surface area contributed by atoms with E-state index in [1.807, 2.05) is 13.1 Å². The molecule has 1 fully saturated rings. The van der Waals surface area contributed by atoms with Gasteiger partial charge in [-0.15, -0.1) is 0 Å². The molecule has 72 valence electrons. The largest absolute Gasteiger partial charge is 0.464 e. The van der Waals surface area contributed by atoms with Gasteiger partial charge in [0.15, 0.2) is 6.04 Å². The SMILES string of the molecule is CCOC(=O)[C@H]1N=C[C@@H]2CCC[C@@H]21. The second-order valence-corrected chi connectivity index (χ2v) is 3.75. The van der Waals surface area contributed by atoms with E-state index in [0.29, 0.717) is 18.4 Å². The van der Waals surface area contributed by atoms with Crippen molar-refractivity contribution in [3.05, 3.63) is 0 Å². The van der Waals surface area contributed by atoms with Gasteiger partial charge in [0.2, 0.25) is 0 Å². The van der Waals surface area contributed by atoms with E-state index in [4.69, 9.17) is 4.74 Å². The smallest absolute Gasteiger partial charge is 0.331 e. The molecule has 0 N–H and O–H groups in total. The maximum Gasteiger partial charge on any atom is 0.331 e. The lowest BCUT2D eigenvalue weighted by molar-refractivity contribution is -0.145. The highest BCUT2D eigenvalue weighted by atomic mass is 16.5. The highest BCUT2D eigenvalue weighted by Crippen LogP contribution is 2.38. The molecule has 1 aliphatic heterocycles. The van der Waals surface area contributed by atoms with Crippen molar-refractivity contribution in [2.45, 2.75) is 32.2 Å². The van der Waals surface area contributed by atoms with E-state index in [2.05, 4.69) is 4.99 Å². The summed E-state index contributed by atoms with van der Waals surface area (Å²) >= 11 is 0. The first-order valence-corrected chi connectivity index (χ1v) is 5.03. The third-order valence-corrected chi connectivity index (χ3v) is 3.00. The van der Waals surface area contributed by atoms with E-state index in [1.165, 1.54) is 12.8 Å². The van der Waals surface area contributed by atoms with Crippen LogP contribution in [0.25, 0.3) is 0 Å². The first-order chi connectivity index (χ1) is 6.33. The Hall–Kier alpha value is -0.860. The van der Waals surface area contributed by atoms with Crippen molar-refractivity contribution in [1.29, 1.82) is 0 Å². The second-order valence-electron chi connectivity index (χ2n) is 3.75. The summed E-state index contributed by atoms with van der Waals surface area (Å²) in [5.74, 6) is 0.863. The minimum atomic E-state index is -0.188. The molecule has 0 aromatic carbocycles. The van der Waals surface area contributed by atoms with Crippen LogP contribution in [-0.2, 0) is 9.53 Å². The first-order valence-electron chi connectivity index (χ1n) is 5.03. The van der Waals surface area contributed by atoms with Crippen LogP contribution >= 0.6 is 0 Å². The Morgan fingerprint density at radius 2 is 2.46 bits per heavy atom. The fraction of sp³-hybridized carbons (Fsp3) is 0.800. The van der Waals surface area contributed by atoms with Crippen LogP contribution in [0.5, 0.6) is 0 Å². The maximum atomic E-state index is 11.5. The lowest BCUT2D eigenvalue weighted by atomic mass is 9.93. The molecule has 1 aliphatic carbocycles. The number of aliphatic imine (C=N–C) groups is 1. The molecule has 0 aromatic rings. The molecule has 3 heteroatoms. The van der Waals surface area contributed by atoms with Gasteiger partial charge in [0, 0.05) is 6.21 Å². The minimum Gasteiger partial charge on any atom is -0.464 e. The zero-order valence-corrected chi connectivity index (χ0v) is 7.90. The van der Waals surface area contributed by atoms with Crippen molar-refractivity contribution in [2.24, 2.45) is 16.8 Å². The van der Waals surface area contributed by atoms with Crippen LogP contribution < -0.4 is 0 Å². The van der Waals surface area contributed by atoms with E-state index in [-0.39, 0.29) is 12.0 Å². The summed E-state index contributed by atoms with van der Waals surface area (Å²) in [6, 6.07) is -0.188. The Kier molecular flexibility index (Phi) is 2.34. The highest BCUT2D eigenvalue weighted by Gasteiger charge is 2.41. The third kappa shape index (κ3) is 1.47. The zero-order valence-electron chi connectivity index (χ0n) is 7.90. The summed E-state index contributed by atoms with van der Waals surface area (Å²) < 4.78 is 4.98. The summed E-state index contributed by atoms with van der Waals surface area (Å²) in [6.45, 7) is 2.30. The summed E-state index contributed by atoms with van der Waals surface area (Å²) in [4.78, 5) is 15.7. The third-order valence-electron chi connectivity index (χ3n) is 3.00. The number of rotatable bonds is 2. The normalized spacial score (nSPS) is 36.2. The van der Waals surface area contributed by atoms with Crippen LogP contribution in [0.4, 0.5) is 0 Å². The van der Waals surface area contributed by atoms with Gasteiger partial charge in [-0.05, 0) is 31.6 Å². The van der Waals surface area contributed by atoms with Crippen LogP contribution in [0.2, 0.25) is 0 Å². The van der Waals surface area contributed by atoms with Crippen molar-refractivity contribution < 1.29 is 9.53 Å². The highest BCUT2D eigenvalue weighted by molar-refractivity contribution is 5.82. The molecule has 2 rings (SSSR count). The maximum absolute atomic E-state index is 11.5. The Morgan fingerprint density at radius 1 is 1.62 bits per heavy atom. The van der Waals surface area contributed by atoms with Crippen molar-refractivity contribution in [3.63, 3.8) is 0 Å². The number of carbonyl (C=O) groups excluding carboxylic acids is 1. The predicted molar refractivity (Wildman–Crippen MR) is 49.7 cm³/mol. The molecule has 0 spiro atoms. The van der Waals surface area contributed by atoms with Crippen LogP contribution in [0, 0.1) is 11.8 Å². The van der Waals surface area contributed by atoms with Crippen molar-refractivity contribution in [3.8, 4) is 0 Å². The quantitative estimate of drug-likeness (QED) is 0.604. The van der Waals surface area contributed by atoms with Gasteiger partial charge in [-0.1, -0.05) is 6.42 Å². The Labute approximate surface area is 78.2 Å². The molecule has 1 heterocycles. The molecule has 13 heavy (non-hydrogen) atoms. The van der Waals surface area contributed by atoms with Gasteiger partial charge in [0.25, 0.3) is 0 Å². The standard InChI is InChI=1S/C10H15NO2/c1-2-13-10(12)9-8-5-3-4-7(8)6-11-9/h6-9H,2-5H2,1H3/t7-,8-,9-/m0/s1. The lowest BCUT2D eigenvalue weighted by Crippen LogP contribution is -2.27. The summed E-state index contributed by atoms with van der Waals surface area (Å²) in [7, 11) is 0. The molecule has 3 nitrogen and oxygen atoms in total. The first kappa shape index (κ1) is 8.73. The number of hydrogen-bond donors (Lipinski definition) is 0. The Morgan fingerprint density at radius 3 is 3.23 bits per heavy atom. The van der Waals surface area contributed by atoms with Crippen molar-refractivity contribution >= 4 is 12.2 Å². The average Bonchev–Trinajstić information content (AvgIpc) is 2.62. The van der Waals surface area contributed by atoms with Crippen LogP contribution in [-0.4, -0.2) is 24.8 Å². The number of esters is 1. The molecular weight excluding hydrogens is 166 g/mol. The van der Waals surface area contributed by atoms with Crippen LogP contribution in [0.15, 0.2) is 4.99 Å². The summed E-state index contributed by atoms with van der Waals surface area (Å²) in [6.07, 6.45) is 5.52. The molecule has 0 radical (unpaired) electrons. The number of ether oxygens (including phenoxy) is 1. The molecular formula is C10H15NO2. The molecule has 0 amide bonds. The molecule has 0 unspecified atom stereocenters. The number of carbonyl (C=O) groups is 1. The van der Waals surface area contributed by atoms with E-state index in [9.17, 15) is 4.79 Å².